The molecular formula is C44H26O. The van der Waals surface area contributed by atoms with Gasteiger partial charge in [0.1, 0.15) is 11.2 Å². The molecule has 0 aliphatic carbocycles. The molecule has 208 valence electrons. The molecule has 0 aliphatic heterocycles. The van der Waals surface area contributed by atoms with Gasteiger partial charge in [0.25, 0.3) is 0 Å². The van der Waals surface area contributed by atoms with E-state index in [0.29, 0.717) is 0 Å². The molecule has 0 fully saturated rings. The second kappa shape index (κ2) is 9.29. The predicted octanol–water partition coefficient (Wildman–Crippen LogP) is 12.7. The summed E-state index contributed by atoms with van der Waals surface area (Å²) in [6, 6.07) is 57.4. The summed E-state index contributed by atoms with van der Waals surface area (Å²) in [5.41, 5.74) is 6.77. The van der Waals surface area contributed by atoms with E-state index in [1.54, 1.807) is 0 Å². The van der Waals surface area contributed by atoms with Crippen LogP contribution in [0.5, 0.6) is 0 Å². The van der Waals surface area contributed by atoms with Gasteiger partial charge in [0.15, 0.2) is 0 Å². The Hall–Kier alpha value is -5.92. The van der Waals surface area contributed by atoms with Gasteiger partial charge in [-0.15, -0.1) is 0 Å². The summed E-state index contributed by atoms with van der Waals surface area (Å²) in [5, 5.41) is 14.8. The molecule has 1 heterocycles. The SMILES string of the molecule is c1ccc2c(-c3ccc4ccc(-c5cccc6oc7c8ccccc8ccc7c56)cc4c3)c3ccc4ccccc4c3cc2c1. The molecule has 0 bridgehead atoms. The van der Waals surface area contributed by atoms with Gasteiger partial charge in [-0.25, -0.2) is 0 Å². The van der Waals surface area contributed by atoms with Crippen LogP contribution in [-0.2, 0) is 0 Å². The molecule has 1 heteroatoms. The minimum absolute atomic E-state index is 0.919. The van der Waals surface area contributed by atoms with Crippen LogP contribution in [0.15, 0.2) is 162 Å². The molecule has 0 N–H and O–H groups in total. The molecule has 0 unspecified atom stereocenters. The van der Waals surface area contributed by atoms with Crippen LogP contribution in [0.3, 0.4) is 0 Å². The first-order valence-electron chi connectivity index (χ1n) is 15.5. The van der Waals surface area contributed by atoms with Gasteiger partial charge >= 0.3 is 0 Å². The van der Waals surface area contributed by atoms with E-state index in [4.69, 9.17) is 4.42 Å². The number of benzene rings is 9. The third-order valence-corrected chi connectivity index (χ3v) is 9.60. The highest BCUT2D eigenvalue weighted by atomic mass is 16.3. The average Bonchev–Trinajstić information content (AvgIpc) is 3.50. The first-order valence-corrected chi connectivity index (χ1v) is 15.5. The maximum absolute atomic E-state index is 6.50. The molecule has 0 aliphatic rings. The van der Waals surface area contributed by atoms with Gasteiger partial charge in [-0.3, -0.25) is 0 Å². The maximum atomic E-state index is 6.50. The molecule has 45 heavy (non-hydrogen) atoms. The highest BCUT2D eigenvalue weighted by molar-refractivity contribution is 6.21. The van der Waals surface area contributed by atoms with Crippen molar-refractivity contribution in [2.75, 3.05) is 0 Å². The molecule has 1 nitrogen and oxygen atoms in total. The van der Waals surface area contributed by atoms with Gasteiger partial charge in [-0.2, -0.15) is 0 Å². The minimum Gasteiger partial charge on any atom is -0.455 e. The van der Waals surface area contributed by atoms with Crippen LogP contribution in [0.4, 0.5) is 0 Å². The van der Waals surface area contributed by atoms with E-state index in [2.05, 4.69) is 158 Å². The zero-order valence-electron chi connectivity index (χ0n) is 24.4. The van der Waals surface area contributed by atoms with Crippen molar-refractivity contribution in [3.63, 3.8) is 0 Å². The van der Waals surface area contributed by atoms with Crippen molar-refractivity contribution in [2.24, 2.45) is 0 Å². The zero-order chi connectivity index (χ0) is 29.5. The lowest BCUT2D eigenvalue weighted by molar-refractivity contribution is 0.673. The monoisotopic (exact) mass is 570 g/mol. The smallest absolute Gasteiger partial charge is 0.143 e. The van der Waals surface area contributed by atoms with Crippen LogP contribution in [0.25, 0.3) is 98.1 Å². The fourth-order valence-corrected chi connectivity index (χ4v) is 7.50. The first kappa shape index (κ1) is 24.5. The number of rotatable bonds is 2. The highest BCUT2D eigenvalue weighted by Gasteiger charge is 2.16. The molecule has 0 amide bonds. The Bertz CT molecular complexity index is 2820. The second-order valence-electron chi connectivity index (χ2n) is 12.1. The molecule has 10 rings (SSSR count). The van der Waals surface area contributed by atoms with Gasteiger partial charge in [0, 0.05) is 16.2 Å². The van der Waals surface area contributed by atoms with Crippen molar-refractivity contribution in [3.05, 3.63) is 158 Å². The number of furan rings is 1. The molecule has 0 saturated carbocycles. The topological polar surface area (TPSA) is 13.1 Å². The molecular weight excluding hydrogens is 544 g/mol. The fourth-order valence-electron chi connectivity index (χ4n) is 7.50. The quantitative estimate of drug-likeness (QED) is 0.149. The predicted molar refractivity (Wildman–Crippen MR) is 192 cm³/mol. The lowest BCUT2D eigenvalue weighted by Gasteiger charge is -2.15. The number of hydrogen-bond donors (Lipinski definition) is 0. The van der Waals surface area contributed by atoms with E-state index in [1.165, 1.54) is 76.1 Å². The summed E-state index contributed by atoms with van der Waals surface area (Å²) >= 11 is 0. The Morgan fingerprint density at radius 1 is 0.333 bits per heavy atom. The van der Waals surface area contributed by atoms with Crippen LogP contribution >= 0.6 is 0 Å². The van der Waals surface area contributed by atoms with Crippen LogP contribution in [0.1, 0.15) is 0 Å². The van der Waals surface area contributed by atoms with Gasteiger partial charge in [0.2, 0.25) is 0 Å². The summed E-state index contributed by atoms with van der Waals surface area (Å²) in [6.07, 6.45) is 0. The molecule has 0 saturated heterocycles. The van der Waals surface area contributed by atoms with E-state index in [1.807, 2.05) is 0 Å². The summed E-state index contributed by atoms with van der Waals surface area (Å²) < 4.78 is 6.50. The van der Waals surface area contributed by atoms with E-state index in [-0.39, 0.29) is 0 Å². The zero-order valence-corrected chi connectivity index (χ0v) is 24.4. The summed E-state index contributed by atoms with van der Waals surface area (Å²) in [5.74, 6) is 0. The van der Waals surface area contributed by atoms with Crippen molar-refractivity contribution in [1.29, 1.82) is 0 Å². The Labute approximate surface area is 259 Å². The fraction of sp³-hybridized carbons (Fsp3) is 0. The molecule has 0 radical (unpaired) electrons. The molecule has 10 aromatic rings. The van der Waals surface area contributed by atoms with Crippen LogP contribution in [0, 0.1) is 0 Å². The number of fused-ring (bicyclic) bond motifs is 10. The lowest BCUT2D eigenvalue weighted by Crippen LogP contribution is -1.88. The molecule has 9 aromatic carbocycles. The first-order chi connectivity index (χ1) is 22.3. The van der Waals surface area contributed by atoms with Crippen molar-refractivity contribution in [3.8, 4) is 22.3 Å². The van der Waals surface area contributed by atoms with E-state index in [0.717, 1.165) is 21.9 Å². The normalized spacial score (nSPS) is 12.0. The maximum Gasteiger partial charge on any atom is 0.143 e. The van der Waals surface area contributed by atoms with Gasteiger partial charge in [0.05, 0.1) is 0 Å². The van der Waals surface area contributed by atoms with Crippen molar-refractivity contribution in [2.45, 2.75) is 0 Å². The Balaban J connectivity index is 1.22. The molecule has 1 aromatic heterocycles. The Kier molecular flexibility index (Phi) is 5.06. The summed E-state index contributed by atoms with van der Waals surface area (Å²) in [7, 11) is 0. The van der Waals surface area contributed by atoms with Crippen molar-refractivity contribution >= 4 is 75.8 Å². The standard InChI is InChI=1S/C44H26O/c1-4-11-34-28(8-1)20-22-38-40(34)26-30-10-3-5-12-35(30)42(38)32-19-17-27-16-18-31(24-33(27)25-32)36-14-7-15-41-43(36)39-23-21-29-9-2-6-13-37(29)44(39)45-41/h1-26H. The van der Waals surface area contributed by atoms with Gasteiger partial charge < -0.3 is 4.42 Å². The third-order valence-electron chi connectivity index (χ3n) is 9.60. The summed E-state index contributed by atoms with van der Waals surface area (Å²) in [6.45, 7) is 0. The molecule has 0 atom stereocenters. The lowest BCUT2D eigenvalue weighted by atomic mass is 9.88. The molecule has 0 spiro atoms. The van der Waals surface area contributed by atoms with Gasteiger partial charge in [-0.05, 0) is 101 Å². The van der Waals surface area contributed by atoms with Crippen LogP contribution < -0.4 is 0 Å². The Morgan fingerprint density at radius 2 is 0.978 bits per heavy atom. The van der Waals surface area contributed by atoms with Crippen molar-refractivity contribution < 1.29 is 4.42 Å². The van der Waals surface area contributed by atoms with E-state index < -0.39 is 0 Å². The van der Waals surface area contributed by atoms with E-state index >= 15 is 0 Å². The third kappa shape index (κ3) is 3.62. The average molecular weight is 571 g/mol. The van der Waals surface area contributed by atoms with Crippen LogP contribution in [-0.4, -0.2) is 0 Å². The van der Waals surface area contributed by atoms with Gasteiger partial charge in [-0.1, -0.05) is 127 Å². The van der Waals surface area contributed by atoms with E-state index in [9.17, 15) is 0 Å². The highest BCUT2D eigenvalue weighted by Crippen LogP contribution is 2.42. The summed E-state index contributed by atoms with van der Waals surface area (Å²) in [4.78, 5) is 0. The van der Waals surface area contributed by atoms with Crippen LogP contribution in [0.2, 0.25) is 0 Å². The largest absolute Gasteiger partial charge is 0.455 e. The Morgan fingerprint density at radius 3 is 1.82 bits per heavy atom. The van der Waals surface area contributed by atoms with Crippen molar-refractivity contribution in [1.82, 2.24) is 0 Å². The minimum atomic E-state index is 0.919. The second-order valence-corrected chi connectivity index (χ2v) is 12.1. The number of hydrogen-bond acceptors (Lipinski definition) is 1.